The number of aromatic amines is 2. The van der Waals surface area contributed by atoms with Crippen LogP contribution in [0, 0.1) is 0 Å². The highest BCUT2D eigenvalue weighted by atomic mass is 79.9. The first-order valence-electron chi connectivity index (χ1n) is 8.58. The fourth-order valence-corrected chi connectivity index (χ4v) is 4.36. The number of carbonyl (C=O) groups excluding carboxylic acids is 2. The normalized spacial score (nSPS) is 15.0. The van der Waals surface area contributed by atoms with Crippen molar-refractivity contribution in [3.63, 3.8) is 0 Å². The summed E-state index contributed by atoms with van der Waals surface area (Å²) in [6, 6.07) is 17.4. The molecule has 2 heterocycles. The van der Waals surface area contributed by atoms with Crippen molar-refractivity contribution in [3.05, 3.63) is 81.0 Å². The molecule has 0 bridgehead atoms. The van der Waals surface area contributed by atoms with Gasteiger partial charge in [0.25, 0.3) is 0 Å². The number of Topliss-reactive ketones (excluding diaryl/α,β-unsaturated/α-hetero) is 1. The van der Waals surface area contributed by atoms with Gasteiger partial charge in [0.1, 0.15) is 0 Å². The van der Waals surface area contributed by atoms with Crippen molar-refractivity contribution in [1.29, 1.82) is 0 Å². The smallest absolute Gasteiger partial charge is 0.203 e. The average molecular weight is 496 g/mol. The molecule has 28 heavy (non-hydrogen) atoms. The van der Waals surface area contributed by atoms with Crippen LogP contribution in [0.1, 0.15) is 11.4 Å². The minimum atomic E-state index is -0.221. The number of carbonyl (C=O) groups is 2. The molecule has 0 saturated carbocycles. The Balaban J connectivity index is 1.80. The van der Waals surface area contributed by atoms with E-state index in [1.54, 1.807) is 0 Å². The maximum atomic E-state index is 13.0. The highest BCUT2D eigenvalue weighted by Crippen LogP contribution is 2.37. The molecule has 0 radical (unpaired) electrons. The summed E-state index contributed by atoms with van der Waals surface area (Å²) >= 11 is 6.71. The van der Waals surface area contributed by atoms with E-state index in [0.29, 0.717) is 22.5 Å². The minimum absolute atomic E-state index is 0.217. The number of para-hydroxylation sites is 1. The Morgan fingerprint density at radius 1 is 0.714 bits per heavy atom. The van der Waals surface area contributed by atoms with Crippen LogP contribution in [0.5, 0.6) is 0 Å². The Morgan fingerprint density at radius 2 is 1.39 bits per heavy atom. The molecule has 0 fully saturated rings. The number of halogens is 2. The summed E-state index contributed by atoms with van der Waals surface area (Å²) in [5.41, 5.74) is 3.79. The van der Waals surface area contributed by atoms with Gasteiger partial charge in [-0.05, 0) is 52.3 Å². The van der Waals surface area contributed by atoms with Crippen LogP contribution in [0.3, 0.4) is 0 Å². The summed E-state index contributed by atoms with van der Waals surface area (Å²) in [6.07, 6.45) is 1.34. The number of hydrogen-bond donors (Lipinski definition) is 2. The van der Waals surface area contributed by atoms with Gasteiger partial charge in [0.15, 0.2) is 5.78 Å². The van der Waals surface area contributed by atoms with Crippen LogP contribution in [0.15, 0.2) is 69.6 Å². The summed E-state index contributed by atoms with van der Waals surface area (Å²) in [5, 5.41) is 1.94. The zero-order valence-corrected chi connectivity index (χ0v) is 17.5. The summed E-state index contributed by atoms with van der Waals surface area (Å²) in [6.45, 7) is 0. The maximum absolute atomic E-state index is 13.0. The van der Waals surface area contributed by atoms with E-state index in [4.69, 9.17) is 0 Å². The number of nitrogens with one attached hydrogen (secondary N) is 2. The fraction of sp³-hybridized carbons (Fsp3) is 0. The van der Waals surface area contributed by atoms with Gasteiger partial charge in [0.05, 0.1) is 27.0 Å². The number of ketones is 2. The molecule has 4 nitrogen and oxygen atoms in total. The standard InChI is InChI=1S/C22H12Br2N2O2/c23-13-5-6-16-12(7-13)9-17(26-16)20-19(27)10-14(24)22(28)21(20)18-8-11-3-1-2-4-15(11)25-18/h1-10,25-26H. The van der Waals surface area contributed by atoms with Crippen molar-refractivity contribution >= 4 is 76.4 Å². The molecule has 0 aliphatic heterocycles. The second-order valence-electron chi connectivity index (χ2n) is 6.62. The van der Waals surface area contributed by atoms with Crippen molar-refractivity contribution < 1.29 is 9.59 Å². The maximum Gasteiger partial charge on any atom is 0.203 e. The molecule has 0 saturated heterocycles. The second kappa shape index (κ2) is 6.43. The Hall–Kier alpha value is -2.70. The second-order valence-corrected chi connectivity index (χ2v) is 8.39. The predicted octanol–water partition coefficient (Wildman–Crippen LogP) is 5.75. The van der Waals surface area contributed by atoms with E-state index in [0.717, 1.165) is 26.3 Å². The van der Waals surface area contributed by atoms with Crippen molar-refractivity contribution in [1.82, 2.24) is 9.97 Å². The molecule has 0 atom stereocenters. The van der Waals surface area contributed by atoms with Crippen LogP contribution in [-0.2, 0) is 9.59 Å². The van der Waals surface area contributed by atoms with E-state index in [2.05, 4.69) is 41.8 Å². The molecule has 136 valence electrons. The molecule has 4 aromatic rings. The lowest BCUT2D eigenvalue weighted by Gasteiger charge is -2.15. The quantitative estimate of drug-likeness (QED) is 0.347. The van der Waals surface area contributed by atoms with E-state index in [-0.39, 0.29) is 16.0 Å². The molecule has 1 aliphatic rings. The third kappa shape index (κ3) is 2.72. The van der Waals surface area contributed by atoms with E-state index in [1.165, 1.54) is 6.08 Å². The number of H-pyrrole nitrogens is 2. The molecule has 5 rings (SSSR count). The monoisotopic (exact) mass is 494 g/mol. The van der Waals surface area contributed by atoms with Gasteiger partial charge in [-0.3, -0.25) is 9.59 Å². The molecule has 1 aliphatic carbocycles. The van der Waals surface area contributed by atoms with Crippen LogP contribution in [-0.4, -0.2) is 21.5 Å². The Labute approximate surface area is 176 Å². The Kier molecular flexibility index (Phi) is 4.00. The first-order chi connectivity index (χ1) is 13.5. The van der Waals surface area contributed by atoms with Crippen molar-refractivity contribution in [3.8, 4) is 0 Å². The van der Waals surface area contributed by atoms with Gasteiger partial charge >= 0.3 is 0 Å². The molecular formula is C22H12Br2N2O2. The van der Waals surface area contributed by atoms with E-state index in [9.17, 15) is 9.59 Å². The topological polar surface area (TPSA) is 65.7 Å². The van der Waals surface area contributed by atoms with Gasteiger partial charge in [-0.25, -0.2) is 0 Å². The van der Waals surface area contributed by atoms with Gasteiger partial charge in [0.2, 0.25) is 5.78 Å². The molecule has 6 heteroatoms. The molecular weight excluding hydrogens is 484 g/mol. The Morgan fingerprint density at radius 3 is 2.18 bits per heavy atom. The van der Waals surface area contributed by atoms with Crippen LogP contribution in [0.4, 0.5) is 0 Å². The number of hydrogen-bond acceptors (Lipinski definition) is 2. The number of allylic oxidation sites excluding steroid dienone is 4. The van der Waals surface area contributed by atoms with Crippen molar-refractivity contribution in [2.75, 3.05) is 0 Å². The largest absolute Gasteiger partial charge is 0.354 e. The summed E-state index contributed by atoms with van der Waals surface area (Å²) < 4.78 is 1.21. The summed E-state index contributed by atoms with van der Waals surface area (Å²) in [5.74, 6) is -0.438. The third-order valence-electron chi connectivity index (χ3n) is 4.85. The number of rotatable bonds is 2. The van der Waals surface area contributed by atoms with Gasteiger partial charge < -0.3 is 9.97 Å². The Bertz CT molecular complexity index is 1340. The first kappa shape index (κ1) is 17.4. The molecule has 2 N–H and O–H groups in total. The molecule has 0 amide bonds. The summed E-state index contributed by atoms with van der Waals surface area (Å²) in [7, 11) is 0. The molecule has 0 unspecified atom stereocenters. The number of benzene rings is 2. The van der Waals surface area contributed by atoms with Gasteiger partial charge in [0, 0.05) is 32.4 Å². The van der Waals surface area contributed by atoms with Crippen molar-refractivity contribution in [2.45, 2.75) is 0 Å². The van der Waals surface area contributed by atoms with Crippen LogP contribution < -0.4 is 0 Å². The lowest BCUT2D eigenvalue weighted by atomic mass is 9.90. The number of fused-ring (bicyclic) bond motifs is 2. The highest BCUT2D eigenvalue weighted by Gasteiger charge is 2.31. The molecule has 0 spiro atoms. The molecule has 2 aromatic carbocycles. The first-order valence-corrected chi connectivity index (χ1v) is 10.2. The summed E-state index contributed by atoms with van der Waals surface area (Å²) in [4.78, 5) is 32.5. The van der Waals surface area contributed by atoms with Gasteiger partial charge in [-0.1, -0.05) is 34.1 Å². The van der Waals surface area contributed by atoms with Crippen LogP contribution >= 0.6 is 31.9 Å². The van der Waals surface area contributed by atoms with Crippen LogP contribution in [0.25, 0.3) is 33.0 Å². The lowest BCUT2D eigenvalue weighted by molar-refractivity contribution is -0.112. The van der Waals surface area contributed by atoms with E-state index >= 15 is 0 Å². The average Bonchev–Trinajstić information content (AvgIpc) is 3.27. The molecule has 2 aromatic heterocycles. The minimum Gasteiger partial charge on any atom is -0.354 e. The predicted molar refractivity (Wildman–Crippen MR) is 118 cm³/mol. The zero-order valence-electron chi connectivity index (χ0n) is 14.3. The SMILES string of the molecule is O=C1C=C(Br)C(=O)C(c2cc3ccccc3[nH]2)=C1c1cc2cc(Br)ccc2[nH]1. The van der Waals surface area contributed by atoms with Gasteiger partial charge in [-0.15, -0.1) is 0 Å². The van der Waals surface area contributed by atoms with E-state index < -0.39 is 0 Å². The third-order valence-corrected chi connectivity index (χ3v) is 5.93. The lowest BCUT2D eigenvalue weighted by Crippen LogP contribution is -2.16. The van der Waals surface area contributed by atoms with E-state index in [1.807, 2.05) is 54.6 Å². The van der Waals surface area contributed by atoms with Crippen LogP contribution in [0.2, 0.25) is 0 Å². The number of aromatic nitrogens is 2. The fourth-order valence-electron chi connectivity index (χ4n) is 3.58. The van der Waals surface area contributed by atoms with Gasteiger partial charge in [-0.2, -0.15) is 0 Å². The highest BCUT2D eigenvalue weighted by molar-refractivity contribution is 9.12. The zero-order chi connectivity index (χ0) is 19.4. The van der Waals surface area contributed by atoms with Crippen molar-refractivity contribution in [2.24, 2.45) is 0 Å².